The number of rotatable bonds is 2. The highest BCUT2D eigenvalue weighted by molar-refractivity contribution is 7.16. The molecule has 0 saturated carbocycles. The van der Waals surface area contributed by atoms with Crippen LogP contribution in [0.2, 0.25) is 0 Å². The van der Waals surface area contributed by atoms with Crippen LogP contribution in [-0.2, 0) is 0 Å². The minimum absolute atomic E-state index is 0.0269. The largest absolute Gasteiger partial charge is 0.454 e. The van der Waals surface area contributed by atoms with E-state index in [1.165, 1.54) is 0 Å². The zero-order valence-corrected chi connectivity index (χ0v) is 13.6. The first-order chi connectivity index (χ1) is 11.1. The Kier molecular flexibility index (Phi) is 3.27. The summed E-state index contributed by atoms with van der Waals surface area (Å²) in [5, 5.41) is 7.25. The Morgan fingerprint density at radius 1 is 1.22 bits per heavy atom. The van der Waals surface area contributed by atoms with E-state index >= 15 is 0 Å². The van der Waals surface area contributed by atoms with Crippen molar-refractivity contribution in [3.8, 4) is 11.5 Å². The number of nitrogens with one attached hydrogen (secondary N) is 2. The second kappa shape index (κ2) is 5.31. The number of anilines is 1. The van der Waals surface area contributed by atoms with Crippen molar-refractivity contribution in [2.24, 2.45) is 0 Å². The average Bonchev–Trinajstić information content (AvgIpc) is 3.10. The van der Waals surface area contributed by atoms with Crippen LogP contribution in [0.15, 0.2) is 24.3 Å². The fourth-order valence-corrected chi connectivity index (χ4v) is 3.81. The van der Waals surface area contributed by atoms with E-state index in [4.69, 9.17) is 9.47 Å². The molecule has 2 aliphatic rings. The van der Waals surface area contributed by atoms with Crippen LogP contribution in [0.5, 0.6) is 11.5 Å². The molecule has 5 nitrogen and oxygen atoms in total. The van der Waals surface area contributed by atoms with Crippen molar-refractivity contribution in [3.05, 3.63) is 45.8 Å². The first-order valence-corrected chi connectivity index (χ1v) is 8.19. The molecule has 118 valence electrons. The number of amides is 1. The highest BCUT2D eigenvalue weighted by Crippen LogP contribution is 2.35. The van der Waals surface area contributed by atoms with Crippen molar-refractivity contribution in [2.45, 2.75) is 20.0 Å². The number of thiophene rings is 1. The Balaban J connectivity index is 1.55. The molecule has 1 atom stereocenters. The number of hydrogen-bond donors (Lipinski definition) is 2. The van der Waals surface area contributed by atoms with Crippen LogP contribution < -0.4 is 20.1 Å². The van der Waals surface area contributed by atoms with E-state index in [9.17, 15) is 4.79 Å². The number of carbonyl (C=O) groups is 1. The summed E-state index contributed by atoms with van der Waals surface area (Å²) >= 11 is 1.62. The quantitative estimate of drug-likeness (QED) is 0.888. The van der Waals surface area contributed by atoms with Crippen LogP contribution in [0, 0.1) is 13.8 Å². The summed E-state index contributed by atoms with van der Waals surface area (Å²) < 4.78 is 10.7. The van der Waals surface area contributed by atoms with Crippen molar-refractivity contribution in [1.29, 1.82) is 0 Å². The standard InChI is InChI=1S/C17H16N2O3S/c1-9-10(2)23-17-15(9)16(20)18-14(19-17)6-4-11-3-5-12-13(7-11)22-8-21-12/h3-7,14,19H,8H2,1-2H3,(H,18,20)/b6-4+. The molecule has 4 rings (SSSR count). The van der Waals surface area contributed by atoms with Gasteiger partial charge in [0.15, 0.2) is 11.5 Å². The average molecular weight is 328 g/mol. The number of hydrogen-bond acceptors (Lipinski definition) is 5. The molecule has 1 aromatic heterocycles. The first-order valence-electron chi connectivity index (χ1n) is 7.37. The smallest absolute Gasteiger partial charge is 0.256 e. The van der Waals surface area contributed by atoms with Crippen molar-refractivity contribution in [1.82, 2.24) is 5.32 Å². The molecular formula is C17H16N2O3S. The Morgan fingerprint density at radius 2 is 2.04 bits per heavy atom. The van der Waals surface area contributed by atoms with Crippen LogP contribution in [0.4, 0.5) is 5.00 Å². The van der Waals surface area contributed by atoms with Gasteiger partial charge < -0.3 is 20.1 Å². The molecule has 0 fully saturated rings. The highest BCUT2D eigenvalue weighted by atomic mass is 32.1. The normalized spacial score (nSPS) is 18.7. The predicted octanol–water partition coefficient (Wildman–Crippen LogP) is 3.29. The van der Waals surface area contributed by atoms with Crippen LogP contribution in [0.3, 0.4) is 0 Å². The van der Waals surface area contributed by atoms with Gasteiger partial charge in [0.25, 0.3) is 5.91 Å². The van der Waals surface area contributed by atoms with E-state index in [0.717, 1.165) is 38.1 Å². The molecule has 0 bridgehead atoms. The third-order valence-corrected chi connectivity index (χ3v) is 5.20. The summed E-state index contributed by atoms with van der Waals surface area (Å²) in [6.07, 6.45) is 3.67. The maximum atomic E-state index is 12.3. The molecule has 6 heteroatoms. The minimum Gasteiger partial charge on any atom is -0.454 e. The number of benzene rings is 1. The van der Waals surface area contributed by atoms with Gasteiger partial charge >= 0.3 is 0 Å². The molecular weight excluding hydrogens is 312 g/mol. The molecule has 0 radical (unpaired) electrons. The zero-order chi connectivity index (χ0) is 16.0. The summed E-state index contributed by atoms with van der Waals surface area (Å²) in [5.41, 5.74) is 2.81. The molecule has 1 amide bonds. The monoisotopic (exact) mass is 328 g/mol. The van der Waals surface area contributed by atoms with Gasteiger partial charge in [-0.1, -0.05) is 12.1 Å². The van der Waals surface area contributed by atoms with Crippen LogP contribution >= 0.6 is 11.3 Å². The van der Waals surface area contributed by atoms with E-state index in [2.05, 4.69) is 10.6 Å². The fraction of sp³-hybridized carbons (Fsp3) is 0.235. The lowest BCUT2D eigenvalue weighted by atomic mass is 10.1. The number of fused-ring (bicyclic) bond motifs is 2. The maximum Gasteiger partial charge on any atom is 0.256 e. The van der Waals surface area contributed by atoms with E-state index in [-0.39, 0.29) is 18.9 Å². The highest BCUT2D eigenvalue weighted by Gasteiger charge is 2.26. The Morgan fingerprint density at radius 3 is 2.91 bits per heavy atom. The SMILES string of the molecule is Cc1sc2c(c1C)C(=O)NC(/C=C/c1ccc3c(c1)OCO3)N2. The predicted molar refractivity (Wildman–Crippen MR) is 90.3 cm³/mol. The van der Waals surface area contributed by atoms with Gasteiger partial charge in [0, 0.05) is 4.88 Å². The summed E-state index contributed by atoms with van der Waals surface area (Å²) in [7, 11) is 0. The van der Waals surface area contributed by atoms with Gasteiger partial charge in [0.1, 0.15) is 11.2 Å². The third kappa shape index (κ3) is 2.45. The first kappa shape index (κ1) is 14.1. The van der Waals surface area contributed by atoms with Crippen molar-refractivity contribution >= 4 is 28.3 Å². The van der Waals surface area contributed by atoms with Crippen LogP contribution in [0.1, 0.15) is 26.4 Å². The lowest BCUT2D eigenvalue weighted by molar-refractivity contribution is 0.0943. The van der Waals surface area contributed by atoms with Crippen molar-refractivity contribution in [3.63, 3.8) is 0 Å². The second-order valence-corrected chi connectivity index (χ2v) is 6.78. The molecule has 2 aromatic rings. The van der Waals surface area contributed by atoms with Crippen LogP contribution in [0.25, 0.3) is 6.08 Å². The fourth-order valence-electron chi connectivity index (χ4n) is 2.71. The zero-order valence-electron chi connectivity index (χ0n) is 12.8. The minimum atomic E-state index is -0.224. The summed E-state index contributed by atoms with van der Waals surface area (Å²) in [5.74, 6) is 1.49. The molecule has 0 spiro atoms. The second-order valence-electron chi connectivity index (χ2n) is 5.55. The van der Waals surface area contributed by atoms with Crippen LogP contribution in [-0.4, -0.2) is 18.9 Å². The third-order valence-electron chi connectivity index (χ3n) is 4.06. The van der Waals surface area contributed by atoms with Gasteiger partial charge in [-0.05, 0) is 43.2 Å². The molecule has 2 N–H and O–H groups in total. The van der Waals surface area contributed by atoms with E-state index in [0.29, 0.717) is 0 Å². The Hall–Kier alpha value is -2.47. The molecule has 0 aliphatic carbocycles. The van der Waals surface area contributed by atoms with Crippen molar-refractivity contribution < 1.29 is 14.3 Å². The lowest BCUT2D eigenvalue weighted by Gasteiger charge is -2.23. The van der Waals surface area contributed by atoms with Crippen molar-refractivity contribution in [2.75, 3.05) is 12.1 Å². The van der Waals surface area contributed by atoms with Gasteiger partial charge in [-0.3, -0.25) is 4.79 Å². The molecule has 1 aromatic carbocycles. The van der Waals surface area contributed by atoms with E-state index < -0.39 is 0 Å². The molecule has 23 heavy (non-hydrogen) atoms. The van der Waals surface area contributed by atoms with Gasteiger partial charge in [-0.25, -0.2) is 0 Å². The van der Waals surface area contributed by atoms with E-state index in [1.54, 1.807) is 11.3 Å². The summed E-state index contributed by atoms with van der Waals surface area (Å²) in [6, 6.07) is 5.77. The molecule has 1 unspecified atom stereocenters. The molecule has 2 aliphatic heterocycles. The van der Waals surface area contributed by atoms with Gasteiger partial charge in [-0.15, -0.1) is 11.3 Å². The Bertz CT molecular complexity index is 825. The molecule has 0 saturated heterocycles. The summed E-state index contributed by atoms with van der Waals surface area (Å²) in [6.45, 7) is 4.28. The van der Waals surface area contributed by atoms with Gasteiger partial charge in [-0.2, -0.15) is 0 Å². The Labute approximate surface area is 137 Å². The maximum absolute atomic E-state index is 12.3. The van der Waals surface area contributed by atoms with Gasteiger partial charge in [0.05, 0.1) is 5.56 Å². The number of carbonyl (C=O) groups excluding carboxylic acids is 1. The molecule has 3 heterocycles. The lowest BCUT2D eigenvalue weighted by Crippen LogP contribution is -2.43. The topological polar surface area (TPSA) is 59.6 Å². The van der Waals surface area contributed by atoms with E-state index in [1.807, 2.05) is 44.2 Å². The van der Waals surface area contributed by atoms with Gasteiger partial charge in [0.2, 0.25) is 6.79 Å². The number of ether oxygens (including phenoxy) is 2. The number of aryl methyl sites for hydroxylation is 1. The summed E-state index contributed by atoms with van der Waals surface area (Å²) in [4.78, 5) is 13.4.